The summed E-state index contributed by atoms with van der Waals surface area (Å²) >= 11 is 0. The van der Waals surface area contributed by atoms with E-state index in [2.05, 4.69) is 5.32 Å². The molecule has 2 aromatic carbocycles. The Morgan fingerprint density at radius 3 is 2.24 bits per heavy atom. The average molecular weight is 479 g/mol. The zero-order valence-corrected chi connectivity index (χ0v) is 18.6. The van der Waals surface area contributed by atoms with Crippen LogP contribution in [-0.2, 0) is 19.6 Å². The molecule has 0 aliphatic rings. The van der Waals surface area contributed by atoms with Crippen LogP contribution in [0.2, 0.25) is 0 Å². The van der Waals surface area contributed by atoms with Crippen molar-refractivity contribution in [3.05, 3.63) is 47.5 Å². The Morgan fingerprint density at radius 1 is 0.970 bits per heavy atom. The molecular weight excluding hydrogens is 458 g/mol. The highest BCUT2D eigenvalue weighted by Gasteiger charge is 2.22. The molecule has 2 amide bonds. The normalized spacial score (nSPS) is 10.8. The number of carboxylic acid groups (broad SMARTS) is 1. The zero-order chi connectivity index (χ0) is 24.8. The van der Waals surface area contributed by atoms with Crippen molar-refractivity contribution >= 4 is 39.5 Å². The average Bonchev–Trinajstić information content (AvgIpc) is 2.71. The molecule has 13 heteroatoms. The van der Waals surface area contributed by atoms with Crippen LogP contribution in [0.15, 0.2) is 41.3 Å². The lowest BCUT2D eigenvalue weighted by molar-refractivity contribution is -0.131. The first-order chi connectivity index (χ1) is 15.4. The van der Waals surface area contributed by atoms with Crippen LogP contribution in [0, 0.1) is 0 Å². The minimum Gasteiger partial charge on any atom is -0.493 e. The SMILES string of the molecule is CCOc1cc(NC(C)=O)ccc1C(=O)NNS(=O)(=O)c1ccc(OC(C)=O)c(C(=O)O)c1. The van der Waals surface area contributed by atoms with E-state index in [0.717, 1.165) is 25.1 Å². The molecule has 0 aromatic heterocycles. The highest BCUT2D eigenvalue weighted by molar-refractivity contribution is 7.89. The molecule has 0 unspecified atom stereocenters. The Kier molecular flexibility index (Phi) is 8.10. The molecule has 0 bridgehead atoms. The van der Waals surface area contributed by atoms with Crippen LogP contribution in [0.3, 0.4) is 0 Å². The lowest BCUT2D eigenvalue weighted by atomic mass is 10.1. The van der Waals surface area contributed by atoms with Gasteiger partial charge in [-0.15, -0.1) is 4.83 Å². The van der Waals surface area contributed by atoms with Crippen LogP contribution in [0.5, 0.6) is 11.5 Å². The number of aromatic carboxylic acids is 1. The molecule has 0 atom stereocenters. The fourth-order valence-corrected chi connectivity index (χ4v) is 3.46. The standard InChI is InChI=1S/C20H21N3O9S/c1-4-31-18-9-13(21-11(2)24)5-7-15(18)19(26)22-23-33(29,30)14-6-8-17(32-12(3)25)16(10-14)20(27)28/h5-10,23H,4H2,1-3H3,(H,21,24)(H,22,26)(H,27,28). The van der Waals surface area contributed by atoms with Gasteiger partial charge in [-0.2, -0.15) is 0 Å². The Bertz CT molecular complexity index is 1210. The largest absolute Gasteiger partial charge is 0.493 e. The summed E-state index contributed by atoms with van der Waals surface area (Å²) in [6, 6.07) is 6.96. The summed E-state index contributed by atoms with van der Waals surface area (Å²) in [5, 5.41) is 11.8. The summed E-state index contributed by atoms with van der Waals surface area (Å²) in [7, 11) is -4.40. The second kappa shape index (κ2) is 10.6. The Labute approximate surface area is 188 Å². The van der Waals surface area contributed by atoms with Gasteiger partial charge in [-0.3, -0.25) is 19.8 Å². The van der Waals surface area contributed by atoms with Crippen LogP contribution in [0.25, 0.3) is 0 Å². The zero-order valence-electron chi connectivity index (χ0n) is 17.8. The number of carbonyl (C=O) groups excluding carboxylic acids is 3. The number of sulfonamides is 1. The molecule has 0 saturated heterocycles. The number of anilines is 1. The smallest absolute Gasteiger partial charge is 0.339 e. The van der Waals surface area contributed by atoms with Crippen LogP contribution in [0.4, 0.5) is 5.69 Å². The van der Waals surface area contributed by atoms with Crippen LogP contribution in [-0.4, -0.2) is 43.9 Å². The van der Waals surface area contributed by atoms with Crippen molar-refractivity contribution in [2.75, 3.05) is 11.9 Å². The monoisotopic (exact) mass is 479 g/mol. The lowest BCUT2D eigenvalue weighted by Crippen LogP contribution is -2.41. The van der Waals surface area contributed by atoms with E-state index in [1.165, 1.54) is 25.1 Å². The van der Waals surface area contributed by atoms with Crippen molar-refractivity contribution in [3.8, 4) is 11.5 Å². The number of hydrogen-bond donors (Lipinski definition) is 4. The lowest BCUT2D eigenvalue weighted by Gasteiger charge is -2.14. The van der Waals surface area contributed by atoms with Crippen molar-refractivity contribution in [2.24, 2.45) is 0 Å². The molecule has 2 rings (SSSR count). The molecule has 0 radical (unpaired) electrons. The van der Waals surface area contributed by atoms with Gasteiger partial charge in [0, 0.05) is 25.6 Å². The van der Waals surface area contributed by atoms with E-state index in [-0.39, 0.29) is 29.6 Å². The molecule has 2 aromatic rings. The van der Waals surface area contributed by atoms with Gasteiger partial charge in [0.2, 0.25) is 5.91 Å². The van der Waals surface area contributed by atoms with Crippen LogP contribution < -0.4 is 25.0 Å². The number of amides is 2. The van der Waals surface area contributed by atoms with Crippen molar-refractivity contribution in [2.45, 2.75) is 25.7 Å². The van der Waals surface area contributed by atoms with Crippen molar-refractivity contribution in [1.82, 2.24) is 10.3 Å². The second-order valence-electron chi connectivity index (χ2n) is 6.44. The number of ether oxygens (including phenoxy) is 2. The second-order valence-corrected chi connectivity index (χ2v) is 8.12. The Hall–Kier alpha value is -3.97. The maximum absolute atomic E-state index is 12.6. The van der Waals surface area contributed by atoms with E-state index >= 15 is 0 Å². The first-order valence-electron chi connectivity index (χ1n) is 9.37. The van der Waals surface area contributed by atoms with Gasteiger partial charge in [-0.25, -0.2) is 13.2 Å². The van der Waals surface area contributed by atoms with E-state index < -0.39 is 38.3 Å². The Morgan fingerprint density at radius 2 is 1.67 bits per heavy atom. The molecule has 4 N–H and O–H groups in total. The molecule has 33 heavy (non-hydrogen) atoms. The maximum atomic E-state index is 12.6. The number of benzene rings is 2. The van der Waals surface area contributed by atoms with Gasteiger partial charge in [0.1, 0.15) is 17.1 Å². The molecule has 0 fully saturated rings. The first kappa shape index (κ1) is 25.3. The molecule has 12 nitrogen and oxygen atoms in total. The van der Waals surface area contributed by atoms with E-state index in [4.69, 9.17) is 9.47 Å². The topological polar surface area (TPSA) is 177 Å². The Balaban J connectivity index is 2.25. The minimum atomic E-state index is -4.40. The first-order valence-corrected chi connectivity index (χ1v) is 10.8. The van der Waals surface area contributed by atoms with Crippen molar-refractivity contribution in [1.29, 1.82) is 0 Å². The fraction of sp³-hybridized carbons (Fsp3) is 0.200. The predicted molar refractivity (Wildman–Crippen MR) is 114 cm³/mol. The predicted octanol–water partition coefficient (Wildman–Crippen LogP) is 1.29. The molecule has 0 spiro atoms. The van der Waals surface area contributed by atoms with Gasteiger partial charge in [0.15, 0.2) is 0 Å². The van der Waals surface area contributed by atoms with E-state index in [1.54, 1.807) is 6.92 Å². The number of carbonyl (C=O) groups is 4. The number of hydrazine groups is 1. The summed E-state index contributed by atoms with van der Waals surface area (Å²) in [5.74, 6) is -3.74. The molecular formula is C20H21N3O9S. The number of nitrogens with one attached hydrogen (secondary N) is 3. The minimum absolute atomic E-state index is 0.0231. The third-order valence-electron chi connectivity index (χ3n) is 3.89. The summed E-state index contributed by atoms with van der Waals surface area (Å²) in [6.45, 7) is 4.24. The van der Waals surface area contributed by atoms with Gasteiger partial charge < -0.3 is 19.9 Å². The maximum Gasteiger partial charge on any atom is 0.339 e. The van der Waals surface area contributed by atoms with E-state index in [1.807, 2.05) is 10.3 Å². The quantitative estimate of drug-likeness (QED) is 0.234. The van der Waals surface area contributed by atoms with Gasteiger partial charge in [-0.05, 0) is 37.3 Å². The highest BCUT2D eigenvalue weighted by Crippen LogP contribution is 2.25. The summed E-state index contributed by atoms with van der Waals surface area (Å²) in [4.78, 5) is 47.6. The molecule has 0 heterocycles. The number of hydrogen-bond acceptors (Lipinski definition) is 8. The van der Waals surface area contributed by atoms with Gasteiger partial charge >= 0.3 is 11.9 Å². The van der Waals surface area contributed by atoms with Gasteiger partial charge in [0.05, 0.1) is 17.1 Å². The third-order valence-corrected chi connectivity index (χ3v) is 5.14. The molecule has 0 aliphatic carbocycles. The number of carboxylic acids is 1. The molecule has 0 saturated carbocycles. The third kappa shape index (κ3) is 6.75. The van der Waals surface area contributed by atoms with E-state index in [0.29, 0.717) is 5.69 Å². The van der Waals surface area contributed by atoms with Crippen LogP contribution >= 0.6 is 0 Å². The number of rotatable bonds is 9. The fourth-order valence-electron chi connectivity index (χ4n) is 2.59. The molecule has 0 aliphatic heterocycles. The highest BCUT2D eigenvalue weighted by atomic mass is 32.2. The summed E-state index contributed by atoms with van der Waals surface area (Å²) in [5.41, 5.74) is 1.80. The van der Waals surface area contributed by atoms with Crippen molar-refractivity contribution in [3.63, 3.8) is 0 Å². The van der Waals surface area contributed by atoms with E-state index in [9.17, 15) is 32.7 Å². The number of esters is 1. The van der Waals surface area contributed by atoms with Crippen LogP contribution in [0.1, 0.15) is 41.5 Å². The van der Waals surface area contributed by atoms with Gasteiger partial charge in [0.25, 0.3) is 15.9 Å². The molecule has 176 valence electrons. The summed E-state index contributed by atoms with van der Waals surface area (Å²) in [6.07, 6.45) is 0. The summed E-state index contributed by atoms with van der Waals surface area (Å²) < 4.78 is 35.3. The van der Waals surface area contributed by atoms with Gasteiger partial charge in [-0.1, -0.05) is 0 Å². The van der Waals surface area contributed by atoms with Crippen molar-refractivity contribution < 1.29 is 42.2 Å².